The molecule has 98 valence electrons. The summed E-state index contributed by atoms with van der Waals surface area (Å²) in [6.07, 6.45) is 17.0. The van der Waals surface area contributed by atoms with Crippen molar-refractivity contribution in [2.45, 2.75) is 6.04 Å². The van der Waals surface area contributed by atoms with E-state index in [0.29, 0.717) is 24.9 Å². The van der Waals surface area contributed by atoms with Crippen LogP contribution < -0.4 is 0 Å². The molecule has 0 saturated heterocycles. The lowest BCUT2D eigenvalue weighted by Crippen LogP contribution is -2.46. The molecule has 2 rings (SSSR count). The van der Waals surface area contributed by atoms with E-state index in [-0.39, 0.29) is 19.3 Å². The molecule has 0 radical (unpaired) electrons. The molecule has 0 aromatic heterocycles. The lowest BCUT2D eigenvalue weighted by Gasteiger charge is -2.36. The van der Waals surface area contributed by atoms with E-state index >= 15 is 0 Å². The maximum atomic E-state index is 9.20. The van der Waals surface area contributed by atoms with Crippen LogP contribution in [0.25, 0.3) is 0 Å². The van der Waals surface area contributed by atoms with Crippen LogP contribution >= 0.6 is 0 Å². The van der Waals surface area contributed by atoms with Crippen molar-refractivity contribution in [3.8, 4) is 0 Å². The second-order valence-electron chi connectivity index (χ2n) is 4.67. The fraction of sp³-hybridized carbons (Fsp3) is 0.467. The van der Waals surface area contributed by atoms with Crippen LogP contribution in [0.5, 0.6) is 0 Å². The number of nitrogens with zero attached hydrogens (tertiary/aromatic N) is 1. The summed E-state index contributed by atoms with van der Waals surface area (Å²) in [5, 5.41) is 18.4. The lowest BCUT2D eigenvalue weighted by molar-refractivity contribution is 0.0978. The van der Waals surface area contributed by atoms with Gasteiger partial charge in [-0.25, -0.2) is 0 Å². The smallest absolute Gasteiger partial charge is 0.0558 e. The van der Waals surface area contributed by atoms with Crippen molar-refractivity contribution in [2.75, 3.05) is 26.3 Å². The molecule has 0 atom stereocenters. The van der Waals surface area contributed by atoms with Crippen molar-refractivity contribution >= 4 is 0 Å². The van der Waals surface area contributed by atoms with E-state index in [1.807, 2.05) is 0 Å². The number of hydrogen-bond donors (Lipinski definition) is 2. The predicted octanol–water partition coefficient (Wildman–Crippen LogP) is 1.13. The van der Waals surface area contributed by atoms with Gasteiger partial charge < -0.3 is 10.2 Å². The van der Waals surface area contributed by atoms with Crippen molar-refractivity contribution in [2.24, 2.45) is 11.8 Å². The third-order valence-corrected chi connectivity index (χ3v) is 3.54. The fourth-order valence-corrected chi connectivity index (χ4v) is 2.76. The number of allylic oxidation sites excluding steroid dienone is 4. The van der Waals surface area contributed by atoms with Crippen LogP contribution in [0.3, 0.4) is 0 Å². The summed E-state index contributed by atoms with van der Waals surface area (Å²) < 4.78 is 0. The van der Waals surface area contributed by atoms with Crippen molar-refractivity contribution < 1.29 is 10.2 Å². The third kappa shape index (κ3) is 2.99. The first-order valence-electron chi connectivity index (χ1n) is 6.52. The molecular weight excluding hydrogens is 226 g/mol. The predicted molar refractivity (Wildman–Crippen MR) is 73.1 cm³/mol. The maximum absolute atomic E-state index is 9.20. The average Bonchev–Trinajstić information content (AvgIpc) is 3.03. The second kappa shape index (κ2) is 6.69. The SMILES string of the molecule is OCCN(CCO)C(C1C=CC=C1)C1C=CC=C1. The topological polar surface area (TPSA) is 43.7 Å². The van der Waals surface area contributed by atoms with E-state index < -0.39 is 0 Å². The van der Waals surface area contributed by atoms with E-state index in [9.17, 15) is 10.2 Å². The van der Waals surface area contributed by atoms with Gasteiger partial charge in [0, 0.05) is 31.0 Å². The molecule has 0 heterocycles. The summed E-state index contributed by atoms with van der Waals surface area (Å²) in [5.41, 5.74) is 0. The van der Waals surface area contributed by atoms with Crippen molar-refractivity contribution in [3.05, 3.63) is 48.6 Å². The Labute approximate surface area is 108 Å². The maximum Gasteiger partial charge on any atom is 0.0558 e. The van der Waals surface area contributed by atoms with Crippen LogP contribution in [-0.4, -0.2) is 47.5 Å². The Balaban J connectivity index is 2.15. The molecule has 0 saturated carbocycles. The first kappa shape index (κ1) is 13.3. The standard InChI is InChI=1S/C15H21NO2/c17-11-9-16(10-12-18)15(13-5-1-2-6-13)14-7-3-4-8-14/h1-8,13-15,17-18H,9-12H2. The van der Waals surface area contributed by atoms with E-state index in [4.69, 9.17) is 0 Å². The first-order chi connectivity index (χ1) is 8.86. The van der Waals surface area contributed by atoms with Gasteiger partial charge in [0.1, 0.15) is 0 Å². The molecule has 2 aliphatic rings. The molecule has 2 N–H and O–H groups in total. The number of aliphatic hydroxyl groups is 2. The van der Waals surface area contributed by atoms with Gasteiger partial charge in [-0.1, -0.05) is 48.6 Å². The van der Waals surface area contributed by atoms with Gasteiger partial charge in [-0.2, -0.15) is 0 Å². The van der Waals surface area contributed by atoms with E-state index in [1.165, 1.54) is 0 Å². The first-order valence-corrected chi connectivity index (χ1v) is 6.52. The molecule has 0 bridgehead atoms. The van der Waals surface area contributed by atoms with Crippen molar-refractivity contribution in [1.82, 2.24) is 4.90 Å². The molecule has 0 aliphatic heterocycles. The minimum Gasteiger partial charge on any atom is -0.395 e. The molecular formula is C15H21NO2. The highest BCUT2D eigenvalue weighted by Crippen LogP contribution is 2.28. The Morgan fingerprint density at radius 2 is 1.17 bits per heavy atom. The van der Waals surface area contributed by atoms with Gasteiger partial charge in [0.15, 0.2) is 0 Å². The molecule has 18 heavy (non-hydrogen) atoms. The zero-order valence-electron chi connectivity index (χ0n) is 10.5. The van der Waals surface area contributed by atoms with E-state index in [2.05, 4.69) is 53.5 Å². The Bertz CT molecular complexity index is 313. The molecule has 0 amide bonds. The largest absolute Gasteiger partial charge is 0.395 e. The van der Waals surface area contributed by atoms with Gasteiger partial charge >= 0.3 is 0 Å². The summed E-state index contributed by atoms with van der Waals surface area (Å²) in [5.74, 6) is 0.695. The molecule has 0 aromatic carbocycles. The normalized spacial score (nSPS) is 19.1. The van der Waals surface area contributed by atoms with Crippen molar-refractivity contribution in [1.29, 1.82) is 0 Å². The Morgan fingerprint density at radius 1 is 0.778 bits per heavy atom. The quantitative estimate of drug-likeness (QED) is 0.708. The summed E-state index contributed by atoms with van der Waals surface area (Å²) >= 11 is 0. The highest BCUT2D eigenvalue weighted by atomic mass is 16.3. The Kier molecular flexibility index (Phi) is 4.93. The highest BCUT2D eigenvalue weighted by Gasteiger charge is 2.30. The van der Waals surface area contributed by atoms with Crippen LogP contribution in [0.1, 0.15) is 0 Å². The van der Waals surface area contributed by atoms with Crippen LogP contribution in [-0.2, 0) is 0 Å². The molecule has 0 spiro atoms. The van der Waals surface area contributed by atoms with Crippen LogP contribution in [0, 0.1) is 11.8 Å². The number of hydrogen-bond acceptors (Lipinski definition) is 3. The fourth-order valence-electron chi connectivity index (χ4n) is 2.76. The Hall–Kier alpha value is -1.16. The molecule has 0 unspecified atom stereocenters. The third-order valence-electron chi connectivity index (χ3n) is 3.54. The van der Waals surface area contributed by atoms with Gasteiger partial charge in [-0.05, 0) is 0 Å². The van der Waals surface area contributed by atoms with Gasteiger partial charge in [0.2, 0.25) is 0 Å². The van der Waals surface area contributed by atoms with Crippen LogP contribution in [0.15, 0.2) is 48.6 Å². The highest BCUT2D eigenvalue weighted by molar-refractivity contribution is 5.26. The minimum atomic E-state index is 0.122. The Morgan fingerprint density at radius 3 is 1.50 bits per heavy atom. The monoisotopic (exact) mass is 247 g/mol. The van der Waals surface area contributed by atoms with Crippen molar-refractivity contribution in [3.63, 3.8) is 0 Å². The molecule has 2 aliphatic carbocycles. The molecule has 3 nitrogen and oxygen atoms in total. The summed E-state index contributed by atoms with van der Waals surface area (Å²) in [4.78, 5) is 2.18. The average molecular weight is 247 g/mol. The summed E-state index contributed by atoms with van der Waals surface area (Å²) in [7, 11) is 0. The van der Waals surface area contributed by atoms with Crippen LogP contribution in [0.4, 0.5) is 0 Å². The number of aliphatic hydroxyl groups excluding tert-OH is 2. The number of rotatable bonds is 7. The molecule has 0 fully saturated rings. The summed E-state index contributed by atoms with van der Waals surface area (Å²) in [6.45, 7) is 1.44. The zero-order valence-corrected chi connectivity index (χ0v) is 10.5. The zero-order chi connectivity index (χ0) is 12.8. The van der Waals surface area contributed by atoms with Gasteiger partial charge in [-0.3, -0.25) is 4.90 Å². The van der Waals surface area contributed by atoms with E-state index in [0.717, 1.165) is 0 Å². The van der Waals surface area contributed by atoms with E-state index in [1.54, 1.807) is 0 Å². The van der Waals surface area contributed by atoms with Gasteiger partial charge in [-0.15, -0.1) is 0 Å². The lowest BCUT2D eigenvalue weighted by atomic mass is 9.88. The van der Waals surface area contributed by atoms with Crippen LogP contribution in [0.2, 0.25) is 0 Å². The molecule has 0 aromatic rings. The van der Waals surface area contributed by atoms with Gasteiger partial charge in [0.05, 0.1) is 13.2 Å². The minimum absolute atomic E-state index is 0.122. The second-order valence-corrected chi connectivity index (χ2v) is 4.67. The van der Waals surface area contributed by atoms with Gasteiger partial charge in [0.25, 0.3) is 0 Å². The summed E-state index contributed by atoms with van der Waals surface area (Å²) in [6, 6.07) is 0.272. The molecule has 3 heteroatoms.